The highest BCUT2D eigenvalue weighted by Crippen LogP contribution is 2.29. The van der Waals surface area contributed by atoms with Crippen molar-refractivity contribution < 1.29 is 26.7 Å². The first-order chi connectivity index (χ1) is 19.5. The summed E-state index contributed by atoms with van der Waals surface area (Å²) in [5, 5.41) is 12.6. The first-order valence-electron chi connectivity index (χ1n) is 12.1. The maximum Gasteiger partial charge on any atom is 0.434 e. The van der Waals surface area contributed by atoms with Gasteiger partial charge in [0.05, 0.1) is 17.6 Å². The number of hydrogen-bond acceptors (Lipinski definition) is 7. The van der Waals surface area contributed by atoms with Crippen LogP contribution in [0.5, 0.6) is 0 Å². The van der Waals surface area contributed by atoms with Gasteiger partial charge in [-0.2, -0.15) is 18.3 Å². The largest absolute Gasteiger partial charge is 0.434 e. The minimum Gasteiger partial charge on any atom is -0.382 e. The molecule has 0 aliphatic carbocycles. The second-order valence-electron chi connectivity index (χ2n) is 9.10. The van der Waals surface area contributed by atoms with Crippen LogP contribution in [0.25, 0.3) is 22.2 Å². The van der Waals surface area contributed by atoms with Crippen LogP contribution in [0.15, 0.2) is 60.9 Å². The number of aromatic amines is 1. The lowest BCUT2D eigenvalue weighted by Crippen LogP contribution is -2.29. The molecular weight excluding hydrogens is 547 g/mol. The fraction of sp³-hybridized carbons (Fsp3) is 0.148. The number of alkyl halides is 3. The number of nitrogen functional groups attached to an aromatic ring is 1. The predicted molar refractivity (Wildman–Crippen MR) is 140 cm³/mol. The van der Waals surface area contributed by atoms with E-state index >= 15 is 0 Å². The lowest BCUT2D eigenvalue weighted by atomic mass is 10.0. The molecule has 0 saturated carbocycles. The maximum atomic E-state index is 13.6. The van der Waals surface area contributed by atoms with Crippen molar-refractivity contribution in [1.82, 2.24) is 30.5 Å². The number of fused-ring (bicyclic) bond motifs is 1. The van der Waals surface area contributed by atoms with Crippen LogP contribution in [0, 0.1) is 11.6 Å². The van der Waals surface area contributed by atoms with Crippen molar-refractivity contribution in [3.8, 4) is 11.1 Å². The number of hydrogen-bond donors (Lipinski definition) is 4. The topological polar surface area (TPSA) is 134 Å². The number of nitrogens with one attached hydrogen (secondary N) is 3. The lowest BCUT2D eigenvalue weighted by molar-refractivity contribution is -0.141. The summed E-state index contributed by atoms with van der Waals surface area (Å²) in [5.74, 6) is -3.05. The van der Waals surface area contributed by atoms with Crippen LogP contribution in [0.1, 0.15) is 40.3 Å². The van der Waals surface area contributed by atoms with Crippen LogP contribution in [0.4, 0.5) is 33.6 Å². The van der Waals surface area contributed by atoms with E-state index in [1.165, 1.54) is 13.0 Å². The summed E-state index contributed by atoms with van der Waals surface area (Å²) in [7, 11) is 0. The average Bonchev–Trinajstić information content (AvgIpc) is 3.32. The Labute approximate surface area is 229 Å². The number of pyridine rings is 1. The predicted octanol–water partition coefficient (Wildman–Crippen LogP) is 5.40. The summed E-state index contributed by atoms with van der Waals surface area (Å²) in [5.41, 5.74) is 7.02. The third kappa shape index (κ3) is 5.90. The Hall–Kier alpha value is -5.14. The van der Waals surface area contributed by atoms with E-state index in [1.807, 2.05) is 18.2 Å². The van der Waals surface area contributed by atoms with Crippen LogP contribution in [-0.4, -0.2) is 31.1 Å². The molecule has 9 nitrogen and oxygen atoms in total. The highest BCUT2D eigenvalue weighted by atomic mass is 19.4. The summed E-state index contributed by atoms with van der Waals surface area (Å²) >= 11 is 0. The Balaban J connectivity index is 1.34. The van der Waals surface area contributed by atoms with E-state index in [1.54, 1.807) is 18.3 Å². The van der Waals surface area contributed by atoms with Crippen molar-refractivity contribution >= 4 is 28.6 Å². The van der Waals surface area contributed by atoms with Gasteiger partial charge in [0.25, 0.3) is 5.91 Å². The van der Waals surface area contributed by atoms with E-state index in [-0.39, 0.29) is 17.9 Å². The molecular formula is C27H21F5N8O. The molecule has 14 heteroatoms. The molecule has 0 aliphatic heterocycles. The number of benzene rings is 2. The summed E-state index contributed by atoms with van der Waals surface area (Å²) in [6.07, 6.45) is -2.66. The molecule has 1 atom stereocenters. The Morgan fingerprint density at radius 3 is 2.46 bits per heavy atom. The quantitative estimate of drug-likeness (QED) is 0.193. The van der Waals surface area contributed by atoms with Crippen LogP contribution in [0.3, 0.4) is 0 Å². The molecule has 3 aromatic heterocycles. The molecule has 0 fully saturated rings. The van der Waals surface area contributed by atoms with E-state index in [9.17, 15) is 26.7 Å². The number of anilines is 2. The Morgan fingerprint density at radius 1 is 1.00 bits per heavy atom. The number of carbonyl (C=O) groups is 1. The standard InChI is InChI=1S/C27H21F5N8O/c1-13(16-6-7-19(28)20(29)9-16)37-26(41)22-25(36-12-21(38-22)27(30,31)32)34-10-14-2-4-15(5-3-14)17-8-18-23(33)39-40-24(18)35-11-17/h2-9,11-13H,10H2,1H3,(H,34,36)(H,37,41)(H3,33,35,39,40)/t13-/m0/s1. The number of aromatic nitrogens is 5. The second-order valence-corrected chi connectivity index (χ2v) is 9.10. The highest BCUT2D eigenvalue weighted by Gasteiger charge is 2.35. The summed E-state index contributed by atoms with van der Waals surface area (Å²) in [4.78, 5) is 24.6. The van der Waals surface area contributed by atoms with Gasteiger partial charge in [0.1, 0.15) is 0 Å². The van der Waals surface area contributed by atoms with E-state index in [2.05, 4.69) is 35.8 Å². The van der Waals surface area contributed by atoms with Crippen LogP contribution < -0.4 is 16.4 Å². The zero-order valence-corrected chi connectivity index (χ0v) is 21.2. The molecule has 5 aromatic rings. The molecule has 0 aliphatic rings. The number of amides is 1. The van der Waals surface area contributed by atoms with Crippen molar-refractivity contribution in [1.29, 1.82) is 0 Å². The number of nitrogens with two attached hydrogens (primary N) is 1. The first-order valence-corrected chi connectivity index (χ1v) is 12.1. The van der Waals surface area contributed by atoms with Gasteiger partial charge in [0.15, 0.2) is 40.3 Å². The van der Waals surface area contributed by atoms with Gasteiger partial charge in [-0.15, -0.1) is 0 Å². The van der Waals surface area contributed by atoms with Gasteiger partial charge >= 0.3 is 6.18 Å². The number of halogens is 5. The van der Waals surface area contributed by atoms with Gasteiger partial charge in [-0.25, -0.2) is 23.7 Å². The molecule has 3 heterocycles. The normalized spacial score (nSPS) is 12.3. The number of nitrogens with zero attached hydrogens (tertiary/aromatic N) is 4. The van der Waals surface area contributed by atoms with E-state index in [4.69, 9.17) is 5.73 Å². The first kappa shape index (κ1) is 27.4. The third-order valence-corrected chi connectivity index (χ3v) is 6.26. The van der Waals surface area contributed by atoms with Gasteiger partial charge < -0.3 is 16.4 Å². The highest BCUT2D eigenvalue weighted by molar-refractivity contribution is 5.97. The zero-order chi connectivity index (χ0) is 29.3. The third-order valence-electron chi connectivity index (χ3n) is 6.26. The van der Waals surface area contributed by atoms with E-state index in [0.29, 0.717) is 23.0 Å². The van der Waals surface area contributed by atoms with Crippen molar-refractivity contribution in [2.45, 2.75) is 25.7 Å². The molecule has 0 radical (unpaired) electrons. The van der Waals surface area contributed by atoms with Gasteiger partial charge in [0.2, 0.25) is 0 Å². The van der Waals surface area contributed by atoms with Crippen molar-refractivity contribution in [3.05, 3.63) is 95.1 Å². The monoisotopic (exact) mass is 568 g/mol. The van der Waals surface area contributed by atoms with E-state index in [0.717, 1.165) is 28.8 Å². The molecule has 1 amide bonds. The van der Waals surface area contributed by atoms with Gasteiger partial charge in [0, 0.05) is 18.3 Å². The lowest BCUT2D eigenvalue weighted by Gasteiger charge is -2.17. The smallest absolute Gasteiger partial charge is 0.382 e. The summed E-state index contributed by atoms with van der Waals surface area (Å²) in [6, 6.07) is 11.2. The number of rotatable bonds is 7. The minimum atomic E-state index is -4.85. The molecule has 5 rings (SSSR count). The van der Waals surface area contributed by atoms with Crippen LogP contribution >= 0.6 is 0 Å². The van der Waals surface area contributed by atoms with Crippen molar-refractivity contribution in [3.63, 3.8) is 0 Å². The molecule has 210 valence electrons. The molecule has 0 bridgehead atoms. The molecule has 2 aromatic carbocycles. The molecule has 41 heavy (non-hydrogen) atoms. The van der Waals surface area contributed by atoms with Gasteiger partial charge in [-0.1, -0.05) is 30.3 Å². The zero-order valence-electron chi connectivity index (χ0n) is 21.2. The number of carbonyl (C=O) groups excluding carboxylic acids is 1. The molecule has 0 unspecified atom stereocenters. The van der Waals surface area contributed by atoms with Crippen LogP contribution in [0.2, 0.25) is 0 Å². The molecule has 0 saturated heterocycles. The fourth-order valence-corrected chi connectivity index (χ4v) is 4.02. The fourth-order valence-electron chi connectivity index (χ4n) is 4.02. The summed E-state index contributed by atoms with van der Waals surface area (Å²) < 4.78 is 67.0. The maximum absolute atomic E-state index is 13.6. The van der Waals surface area contributed by atoms with Crippen molar-refractivity contribution in [2.75, 3.05) is 11.1 Å². The number of H-pyrrole nitrogens is 1. The van der Waals surface area contributed by atoms with Crippen LogP contribution in [-0.2, 0) is 12.7 Å². The van der Waals surface area contributed by atoms with Gasteiger partial charge in [-0.3, -0.25) is 9.89 Å². The van der Waals surface area contributed by atoms with Crippen molar-refractivity contribution in [2.24, 2.45) is 0 Å². The Bertz CT molecular complexity index is 1740. The molecule has 0 spiro atoms. The Morgan fingerprint density at radius 2 is 1.76 bits per heavy atom. The molecule has 5 N–H and O–H groups in total. The van der Waals surface area contributed by atoms with E-state index < -0.39 is 41.1 Å². The average molecular weight is 569 g/mol. The summed E-state index contributed by atoms with van der Waals surface area (Å²) in [6.45, 7) is 1.57. The second kappa shape index (κ2) is 10.8. The Kier molecular flexibility index (Phi) is 7.22. The SMILES string of the molecule is C[C@H](NC(=O)c1nc(C(F)(F)F)cnc1NCc1ccc(-c2cnc3[nH]nc(N)c3c2)cc1)c1ccc(F)c(F)c1. The minimum absolute atomic E-state index is 0.102. The van der Waals surface area contributed by atoms with Gasteiger partial charge in [-0.05, 0) is 41.8 Å².